The van der Waals surface area contributed by atoms with Crippen LogP contribution in [0.2, 0.25) is 4.34 Å². The second-order valence-corrected chi connectivity index (χ2v) is 8.28. The Bertz CT molecular complexity index is 913. The van der Waals surface area contributed by atoms with Crippen LogP contribution in [0.1, 0.15) is 12.8 Å². The van der Waals surface area contributed by atoms with Gasteiger partial charge in [-0.25, -0.2) is 13.1 Å². The van der Waals surface area contributed by atoms with Crippen molar-refractivity contribution in [2.24, 2.45) is 0 Å². The molecule has 0 atom stereocenters. The van der Waals surface area contributed by atoms with Gasteiger partial charge in [-0.1, -0.05) is 16.8 Å². The van der Waals surface area contributed by atoms with Crippen LogP contribution in [-0.2, 0) is 23.1 Å². The Morgan fingerprint density at radius 3 is 2.91 bits per heavy atom. The summed E-state index contributed by atoms with van der Waals surface area (Å²) >= 11 is 6.74. The minimum atomic E-state index is -3.64. The van der Waals surface area contributed by atoms with Gasteiger partial charge in [-0.15, -0.1) is 11.3 Å². The molecule has 0 aliphatic heterocycles. The topological polar surface area (TPSA) is 90.0 Å². The summed E-state index contributed by atoms with van der Waals surface area (Å²) in [5.41, 5.74) is 0.815. The molecule has 0 unspecified atom stereocenters. The van der Waals surface area contributed by atoms with E-state index in [0.29, 0.717) is 10.2 Å². The normalized spacial score (nSPS) is 11.9. The van der Waals surface area contributed by atoms with Crippen molar-refractivity contribution >= 4 is 33.0 Å². The number of hydrogen-bond acceptors (Lipinski definition) is 6. The predicted molar refractivity (Wildman–Crippen MR) is 86.8 cm³/mol. The van der Waals surface area contributed by atoms with Crippen LogP contribution in [0, 0.1) is 0 Å². The standard InChI is InChI=1S/C13H13ClN4O3S2/c1-2-18-7-3-4-9(18)13-16-11(21-17-13)8-15-23(19,20)12-6-5-10(14)22-12/h3-7,15H,2,8H2,1H3. The third kappa shape index (κ3) is 3.47. The number of sulfonamides is 1. The summed E-state index contributed by atoms with van der Waals surface area (Å²) in [5.74, 6) is 0.611. The number of thiophene rings is 1. The molecule has 0 amide bonds. The van der Waals surface area contributed by atoms with Crippen molar-refractivity contribution in [1.82, 2.24) is 19.4 Å². The van der Waals surface area contributed by atoms with Gasteiger partial charge in [-0.2, -0.15) is 4.98 Å². The van der Waals surface area contributed by atoms with E-state index in [9.17, 15) is 8.42 Å². The van der Waals surface area contributed by atoms with Crippen LogP contribution in [0.4, 0.5) is 0 Å². The van der Waals surface area contributed by atoms with Crippen LogP contribution in [0.5, 0.6) is 0 Å². The number of nitrogens with zero attached hydrogens (tertiary/aromatic N) is 3. The van der Waals surface area contributed by atoms with Crippen LogP contribution >= 0.6 is 22.9 Å². The van der Waals surface area contributed by atoms with E-state index >= 15 is 0 Å². The largest absolute Gasteiger partial charge is 0.345 e. The highest BCUT2D eigenvalue weighted by Crippen LogP contribution is 2.25. The van der Waals surface area contributed by atoms with E-state index in [-0.39, 0.29) is 16.6 Å². The fourth-order valence-corrected chi connectivity index (χ4v) is 4.50. The zero-order valence-electron chi connectivity index (χ0n) is 12.1. The van der Waals surface area contributed by atoms with E-state index in [1.54, 1.807) is 0 Å². The van der Waals surface area contributed by atoms with Crippen molar-refractivity contribution in [3.8, 4) is 11.5 Å². The minimum Gasteiger partial charge on any atom is -0.345 e. The van der Waals surface area contributed by atoms with Crippen molar-refractivity contribution in [2.75, 3.05) is 0 Å². The summed E-state index contributed by atoms with van der Waals surface area (Å²) in [5, 5.41) is 3.88. The minimum absolute atomic E-state index is 0.0856. The van der Waals surface area contributed by atoms with E-state index < -0.39 is 10.0 Å². The average molecular weight is 373 g/mol. The summed E-state index contributed by atoms with van der Waals surface area (Å²) in [6, 6.07) is 6.74. The molecule has 0 aliphatic rings. The van der Waals surface area contributed by atoms with E-state index in [4.69, 9.17) is 16.1 Å². The summed E-state index contributed by atoms with van der Waals surface area (Å²) in [4.78, 5) is 4.22. The van der Waals surface area contributed by atoms with Crippen LogP contribution < -0.4 is 4.72 Å². The van der Waals surface area contributed by atoms with Crippen molar-refractivity contribution in [2.45, 2.75) is 24.2 Å². The zero-order chi connectivity index (χ0) is 16.4. The molecule has 3 aromatic heterocycles. The van der Waals surface area contributed by atoms with Gasteiger partial charge in [0.15, 0.2) is 0 Å². The molecule has 3 aromatic rings. The fourth-order valence-electron chi connectivity index (χ4n) is 1.99. The Labute approximate surface area is 141 Å². The lowest BCUT2D eigenvalue weighted by molar-refractivity contribution is 0.375. The molecule has 0 spiro atoms. The molecule has 0 radical (unpaired) electrons. The highest BCUT2D eigenvalue weighted by Gasteiger charge is 2.18. The van der Waals surface area contributed by atoms with E-state index in [1.807, 2.05) is 29.8 Å². The van der Waals surface area contributed by atoms with Crippen LogP contribution in [-0.4, -0.2) is 23.1 Å². The van der Waals surface area contributed by atoms with Crippen molar-refractivity contribution in [3.05, 3.63) is 40.7 Å². The number of nitrogens with one attached hydrogen (secondary N) is 1. The maximum absolute atomic E-state index is 12.1. The third-order valence-electron chi connectivity index (χ3n) is 3.09. The van der Waals surface area contributed by atoms with Gasteiger partial charge in [0.2, 0.25) is 11.7 Å². The van der Waals surface area contributed by atoms with Crippen LogP contribution in [0.15, 0.2) is 39.2 Å². The summed E-state index contributed by atoms with van der Waals surface area (Å²) in [7, 11) is -3.64. The summed E-state index contributed by atoms with van der Waals surface area (Å²) in [6.07, 6.45) is 1.91. The smallest absolute Gasteiger partial charge is 0.250 e. The molecule has 7 nitrogen and oxygen atoms in total. The molecule has 1 N–H and O–H groups in total. The van der Waals surface area contributed by atoms with Crippen molar-refractivity contribution < 1.29 is 12.9 Å². The molecule has 0 aliphatic carbocycles. The second kappa shape index (κ2) is 6.44. The van der Waals surface area contributed by atoms with Gasteiger partial charge >= 0.3 is 0 Å². The maximum atomic E-state index is 12.1. The number of aromatic nitrogens is 3. The Balaban J connectivity index is 1.73. The predicted octanol–water partition coefficient (Wildman–Crippen LogP) is 2.75. The number of aryl methyl sites for hydroxylation is 1. The van der Waals surface area contributed by atoms with Crippen LogP contribution in [0.25, 0.3) is 11.5 Å². The molecular formula is C13H13ClN4O3S2. The monoisotopic (exact) mass is 372 g/mol. The molecule has 3 heterocycles. The Kier molecular flexibility index (Phi) is 4.53. The Morgan fingerprint density at radius 1 is 1.39 bits per heavy atom. The number of halogens is 1. The molecular weight excluding hydrogens is 360 g/mol. The number of hydrogen-bond donors (Lipinski definition) is 1. The van der Waals surface area contributed by atoms with Crippen molar-refractivity contribution in [1.29, 1.82) is 0 Å². The Morgan fingerprint density at radius 2 is 2.22 bits per heavy atom. The van der Waals surface area contributed by atoms with Gasteiger partial charge < -0.3 is 9.09 Å². The first-order valence-electron chi connectivity index (χ1n) is 6.72. The number of rotatable bonds is 6. The molecule has 23 heavy (non-hydrogen) atoms. The highest BCUT2D eigenvalue weighted by atomic mass is 35.5. The van der Waals surface area contributed by atoms with Crippen LogP contribution in [0.3, 0.4) is 0 Å². The van der Waals surface area contributed by atoms with Gasteiger partial charge in [-0.05, 0) is 31.2 Å². The third-order valence-corrected chi connectivity index (χ3v) is 6.22. The van der Waals surface area contributed by atoms with E-state index in [0.717, 1.165) is 23.6 Å². The Hall–Kier alpha value is -1.68. The molecule has 0 saturated heterocycles. The van der Waals surface area contributed by atoms with Crippen molar-refractivity contribution in [3.63, 3.8) is 0 Å². The quantitative estimate of drug-likeness (QED) is 0.718. The lowest BCUT2D eigenvalue weighted by Gasteiger charge is -2.01. The summed E-state index contributed by atoms with van der Waals surface area (Å²) in [6.45, 7) is 2.69. The zero-order valence-corrected chi connectivity index (χ0v) is 14.5. The summed E-state index contributed by atoms with van der Waals surface area (Å²) < 4.78 is 34.2. The highest BCUT2D eigenvalue weighted by molar-refractivity contribution is 7.91. The van der Waals surface area contributed by atoms with Gasteiger partial charge in [0.05, 0.1) is 16.6 Å². The first kappa shape index (κ1) is 16.2. The maximum Gasteiger partial charge on any atom is 0.250 e. The van der Waals surface area contributed by atoms with E-state index in [1.165, 1.54) is 12.1 Å². The fraction of sp³-hybridized carbons (Fsp3) is 0.231. The molecule has 0 bridgehead atoms. The van der Waals surface area contributed by atoms with Gasteiger partial charge in [0.1, 0.15) is 4.21 Å². The molecule has 10 heteroatoms. The van der Waals surface area contributed by atoms with Gasteiger partial charge in [0.25, 0.3) is 10.0 Å². The first-order chi connectivity index (χ1) is 11.0. The van der Waals surface area contributed by atoms with E-state index in [2.05, 4.69) is 14.9 Å². The van der Waals surface area contributed by atoms with Gasteiger partial charge in [-0.3, -0.25) is 0 Å². The molecule has 3 rings (SSSR count). The second-order valence-electron chi connectivity index (χ2n) is 4.57. The van der Waals surface area contributed by atoms with Gasteiger partial charge in [0, 0.05) is 12.7 Å². The molecule has 122 valence electrons. The molecule has 0 saturated carbocycles. The molecule has 0 aromatic carbocycles. The lowest BCUT2D eigenvalue weighted by atomic mass is 10.4. The lowest BCUT2D eigenvalue weighted by Crippen LogP contribution is -2.22. The first-order valence-corrected chi connectivity index (χ1v) is 9.40. The average Bonchev–Trinajstić information content (AvgIpc) is 3.24. The molecule has 0 fully saturated rings. The SMILES string of the molecule is CCn1cccc1-c1noc(CNS(=O)(=O)c2ccc(Cl)s2)n1.